The first-order chi connectivity index (χ1) is 19.3. The number of hydrogen-bond acceptors (Lipinski definition) is 8. The van der Waals surface area contributed by atoms with Crippen LogP contribution in [0.15, 0.2) is 35.3 Å². The highest BCUT2D eigenvalue weighted by Gasteiger charge is 2.62. The van der Waals surface area contributed by atoms with Gasteiger partial charge in [0.2, 0.25) is 5.88 Å². The number of rotatable bonds is 8. The second kappa shape index (κ2) is 12.4. The smallest absolute Gasteiger partial charge is 0.353 e. The Bertz CT molecular complexity index is 1230. The summed E-state index contributed by atoms with van der Waals surface area (Å²) in [6.45, 7) is 21.7. The van der Waals surface area contributed by atoms with Crippen LogP contribution >= 0.6 is 0 Å². The van der Waals surface area contributed by atoms with Gasteiger partial charge < -0.3 is 27.2 Å². The van der Waals surface area contributed by atoms with Gasteiger partial charge >= 0.3 is 22.8 Å². The number of para-hydroxylation sites is 1. The van der Waals surface area contributed by atoms with Crippen LogP contribution in [0.3, 0.4) is 0 Å². The molecule has 1 aromatic heterocycles. The molecule has 228 valence electrons. The molecule has 4 rings (SSSR count). The Labute approximate surface area is 247 Å². The Morgan fingerprint density at radius 1 is 0.927 bits per heavy atom. The summed E-state index contributed by atoms with van der Waals surface area (Å²) in [6, 6.07) is 7.58. The van der Waals surface area contributed by atoms with E-state index in [0.717, 1.165) is 11.1 Å². The summed E-state index contributed by atoms with van der Waals surface area (Å²) in [6.07, 6.45) is -0.549. The van der Waals surface area contributed by atoms with Crippen molar-refractivity contribution in [3.05, 3.63) is 52.1 Å². The van der Waals surface area contributed by atoms with E-state index in [4.69, 9.17) is 27.2 Å². The number of benzene rings is 1. The monoisotopic (exact) mass is 604 g/mol. The molecule has 1 aromatic carbocycles. The van der Waals surface area contributed by atoms with Crippen molar-refractivity contribution in [1.82, 2.24) is 9.55 Å². The summed E-state index contributed by atoms with van der Waals surface area (Å²) >= 11 is 0. The molecule has 0 bridgehead atoms. The van der Waals surface area contributed by atoms with Crippen molar-refractivity contribution in [2.45, 2.75) is 116 Å². The highest BCUT2D eigenvalue weighted by Crippen LogP contribution is 2.48. The molecule has 0 amide bonds. The van der Waals surface area contributed by atoms with E-state index in [9.17, 15) is 4.79 Å². The van der Waals surface area contributed by atoms with Gasteiger partial charge in [-0.1, -0.05) is 73.6 Å². The van der Waals surface area contributed by atoms with Gasteiger partial charge in [0.05, 0.1) is 6.61 Å². The second-order valence-corrected chi connectivity index (χ2v) is 21.4. The molecule has 0 aliphatic carbocycles. The third-order valence-corrected chi connectivity index (χ3v) is 18.8. The zero-order valence-corrected chi connectivity index (χ0v) is 28.5. The summed E-state index contributed by atoms with van der Waals surface area (Å²) in [5, 5.41) is 0. The van der Waals surface area contributed by atoms with Gasteiger partial charge in [-0.15, -0.1) is 0 Å². The third kappa shape index (κ3) is 5.87. The van der Waals surface area contributed by atoms with Gasteiger partial charge in [0.25, 0.3) is 0 Å². The number of hydrogen-bond donors (Lipinski definition) is 0. The van der Waals surface area contributed by atoms with E-state index in [-0.39, 0.29) is 28.0 Å². The molecule has 0 spiro atoms. The topological polar surface area (TPSA) is 90.3 Å². The van der Waals surface area contributed by atoms with Crippen LogP contribution < -0.4 is 10.4 Å². The Hall–Kier alpha value is -1.87. The van der Waals surface area contributed by atoms with Crippen LogP contribution in [-0.4, -0.2) is 58.7 Å². The molecule has 0 saturated carbocycles. The number of aromatic nitrogens is 2. The second-order valence-electron chi connectivity index (χ2n) is 12.6. The molecule has 9 nitrogen and oxygen atoms in total. The van der Waals surface area contributed by atoms with Crippen molar-refractivity contribution < 1.29 is 27.2 Å². The van der Waals surface area contributed by atoms with Crippen LogP contribution in [0.1, 0.15) is 72.7 Å². The zero-order chi connectivity index (χ0) is 30.3. The van der Waals surface area contributed by atoms with E-state index < -0.39 is 47.4 Å². The fourth-order valence-corrected chi connectivity index (χ4v) is 17.5. The van der Waals surface area contributed by atoms with E-state index in [1.54, 1.807) is 19.4 Å². The summed E-state index contributed by atoms with van der Waals surface area (Å²) < 4.78 is 41.4. The average molecular weight is 605 g/mol. The fraction of sp³-hybridized carbons (Fsp3) is 0.667. The largest absolute Gasteiger partial charge is 0.438 e. The van der Waals surface area contributed by atoms with Crippen LogP contribution in [0.5, 0.6) is 11.6 Å². The number of fused-ring (bicyclic) bond motifs is 1. The molecule has 4 atom stereocenters. The van der Waals surface area contributed by atoms with Gasteiger partial charge in [-0.25, -0.2) is 4.79 Å². The van der Waals surface area contributed by atoms with Gasteiger partial charge in [0, 0.05) is 19.4 Å². The van der Waals surface area contributed by atoms with Crippen molar-refractivity contribution in [2.75, 3.05) is 13.7 Å². The first kappa shape index (κ1) is 32.1. The highest BCUT2D eigenvalue weighted by molar-refractivity contribution is 6.84. The van der Waals surface area contributed by atoms with Crippen molar-refractivity contribution in [3.8, 4) is 11.6 Å². The fourth-order valence-electron chi connectivity index (χ4n) is 6.31. The molecule has 2 aliphatic rings. The third-order valence-electron chi connectivity index (χ3n) is 8.58. The molecule has 0 N–H and O–H groups in total. The van der Waals surface area contributed by atoms with Crippen molar-refractivity contribution in [2.24, 2.45) is 0 Å². The molecule has 2 aromatic rings. The highest BCUT2D eigenvalue weighted by atomic mass is 28.5. The average Bonchev–Trinajstić information content (AvgIpc) is 3.21. The molecular weight excluding hydrogens is 557 g/mol. The van der Waals surface area contributed by atoms with Crippen LogP contribution in [0, 0.1) is 13.8 Å². The lowest BCUT2D eigenvalue weighted by Gasteiger charge is -2.51. The summed E-state index contributed by atoms with van der Waals surface area (Å²) in [5.74, 6) is 0.921. The van der Waals surface area contributed by atoms with Gasteiger partial charge in [0.15, 0.2) is 6.23 Å². The van der Waals surface area contributed by atoms with Crippen LogP contribution in [-0.2, 0) is 22.4 Å². The molecular formula is C30H48N2O7Si2. The first-order valence-corrected chi connectivity index (χ1v) is 18.7. The normalized spacial score (nSPS) is 25.9. The van der Waals surface area contributed by atoms with Crippen molar-refractivity contribution in [1.29, 1.82) is 0 Å². The van der Waals surface area contributed by atoms with Crippen LogP contribution in [0.2, 0.25) is 22.2 Å². The van der Waals surface area contributed by atoms with E-state index in [1.165, 1.54) is 4.57 Å². The SMILES string of the molecule is CO[C@@H]1[C@@H]2O[Si](C(C)C)(C(C)C)O[Si](C(C)C)(C(C)C)OC[C@H]2O[C@H]1n1ccc(Oc2c(C)cccc2C)nc1=O. The lowest BCUT2D eigenvalue weighted by Crippen LogP contribution is -2.65. The Morgan fingerprint density at radius 2 is 1.51 bits per heavy atom. The zero-order valence-electron chi connectivity index (χ0n) is 26.5. The summed E-state index contributed by atoms with van der Waals surface area (Å²) in [4.78, 5) is 17.6. The maximum absolute atomic E-state index is 13.4. The van der Waals surface area contributed by atoms with Gasteiger partial charge in [-0.2, -0.15) is 4.98 Å². The Morgan fingerprint density at radius 3 is 2.02 bits per heavy atom. The van der Waals surface area contributed by atoms with E-state index >= 15 is 0 Å². The number of aryl methyl sites for hydroxylation is 2. The standard InChI is InChI=1S/C30H48N2O7Si2/c1-18(2)40(19(3)4)35-17-24-27(38-41(39-40,20(5)6)21(7)8)28(34-11)29(36-24)32-16-15-25(31-30(32)33)37-26-22(9)13-12-14-23(26)10/h12-16,18-21,24,27-29H,17H2,1-11H3/t24-,27-,28-,29-/m1/s1. The predicted molar refractivity (Wildman–Crippen MR) is 163 cm³/mol. The van der Waals surface area contributed by atoms with Gasteiger partial charge in [-0.3, -0.25) is 4.57 Å². The Balaban J connectivity index is 1.71. The quantitative estimate of drug-likeness (QED) is 0.315. The van der Waals surface area contributed by atoms with Crippen molar-refractivity contribution >= 4 is 17.1 Å². The minimum atomic E-state index is -2.88. The minimum Gasteiger partial charge on any atom is -0.438 e. The number of nitrogens with zero attached hydrogens (tertiary/aromatic N) is 2. The molecule has 0 unspecified atom stereocenters. The molecule has 3 heterocycles. The van der Waals surface area contributed by atoms with Crippen LogP contribution in [0.25, 0.3) is 0 Å². The van der Waals surface area contributed by atoms with E-state index in [1.807, 2.05) is 32.0 Å². The summed E-state index contributed by atoms with van der Waals surface area (Å²) in [7, 11) is -3.97. The first-order valence-electron chi connectivity index (χ1n) is 14.8. The molecule has 2 saturated heterocycles. The predicted octanol–water partition coefficient (Wildman–Crippen LogP) is 6.52. The van der Waals surface area contributed by atoms with E-state index in [0.29, 0.717) is 12.4 Å². The lowest BCUT2D eigenvalue weighted by atomic mass is 10.1. The van der Waals surface area contributed by atoms with Crippen molar-refractivity contribution in [3.63, 3.8) is 0 Å². The molecule has 0 radical (unpaired) electrons. The molecule has 2 aliphatic heterocycles. The lowest BCUT2D eigenvalue weighted by molar-refractivity contribution is -0.0640. The van der Waals surface area contributed by atoms with E-state index in [2.05, 4.69) is 60.4 Å². The molecule has 2 fully saturated rings. The van der Waals surface area contributed by atoms with Gasteiger partial charge in [-0.05, 0) is 47.1 Å². The van der Waals surface area contributed by atoms with Crippen LogP contribution in [0.4, 0.5) is 0 Å². The summed E-state index contributed by atoms with van der Waals surface area (Å²) in [5.41, 5.74) is 2.22. The number of methoxy groups -OCH3 is 1. The van der Waals surface area contributed by atoms with Gasteiger partial charge in [0.1, 0.15) is 24.1 Å². The molecule has 11 heteroatoms. The maximum Gasteiger partial charge on any atom is 0.353 e. The molecule has 41 heavy (non-hydrogen) atoms. The Kier molecular flexibility index (Phi) is 9.69. The minimum absolute atomic E-state index is 0.163. The maximum atomic E-state index is 13.4. The number of ether oxygens (including phenoxy) is 3.